The van der Waals surface area contributed by atoms with Crippen LogP contribution in [-0.4, -0.2) is 38.4 Å². The normalized spacial score (nSPS) is 16.0. The van der Waals surface area contributed by atoms with Crippen molar-refractivity contribution < 1.29 is 17.9 Å². The number of nitrogens with zero attached hydrogens (tertiary/aromatic N) is 2. The van der Waals surface area contributed by atoms with Crippen LogP contribution in [-0.2, 0) is 19.6 Å². The Bertz CT molecular complexity index is 834. The lowest BCUT2D eigenvalue weighted by Gasteiger charge is -2.26. The van der Waals surface area contributed by atoms with Gasteiger partial charge in [-0.1, -0.05) is 12.5 Å². The van der Waals surface area contributed by atoms with Crippen LogP contribution in [0.15, 0.2) is 34.9 Å². The standard InChI is InChI=1S/C18H23N3O4S/c1-3-25-18(22)15(12-19)13-20-16-8-7-14(2)17(11-16)26(23,24)21-9-5-4-6-10-21/h7-8,11,13,20H,3-6,9-10H2,1-2H3/b15-13+. The van der Waals surface area contributed by atoms with E-state index in [1.807, 2.05) is 0 Å². The molecule has 1 aliphatic heterocycles. The summed E-state index contributed by atoms with van der Waals surface area (Å²) in [4.78, 5) is 11.9. The van der Waals surface area contributed by atoms with Crippen LogP contribution in [0.25, 0.3) is 0 Å². The summed E-state index contributed by atoms with van der Waals surface area (Å²) in [5.74, 6) is -0.726. The molecular formula is C18H23N3O4S. The number of esters is 1. The molecule has 1 heterocycles. The van der Waals surface area contributed by atoms with E-state index in [2.05, 4.69) is 5.32 Å². The van der Waals surface area contributed by atoms with Gasteiger partial charge in [-0.3, -0.25) is 0 Å². The Morgan fingerprint density at radius 3 is 2.65 bits per heavy atom. The molecule has 1 saturated heterocycles. The van der Waals surface area contributed by atoms with Crippen molar-refractivity contribution in [2.45, 2.75) is 38.0 Å². The minimum atomic E-state index is -3.57. The summed E-state index contributed by atoms with van der Waals surface area (Å²) in [6.45, 7) is 4.62. The number of rotatable bonds is 6. The van der Waals surface area contributed by atoms with Gasteiger partial charge in [0.25, 0.3) is 0 Å². The number of hydrogen-bond donors (Lipinski definition) is 1. The van der Waals surface area contributed by atoms with Crippen molar-refractivity contribution in [1.82, 2.24) is 4.31 Å². The first-order valence-electron chi connectivity index (χ1n) is 8.55. The maximum absolute atomic E-state index is 12.9. The molecule has 1 fully saturated rings. The molecule has 8 heteroatoms. The molecule has 0 radical (unpaired) electrons. The van der Waals surface area contributed by atoms with Crippen LogP contribution < -0.4 is 5.32 Å². The maximum Gasteiger partial charge on any atom is 0.350 e. The van der Waals surface area contributed by atoms with E-state index in [0.29, 0.717) is 24.3 Å². The largest absolute Gasteiger partial charge is 0.462 e. The fraction of sp³-hybridized carbons (Fsp3) is 0.444. The van der Waals surface area contributed by atoms with E-state index >= 15 is 0 Å². The first-order valence-corrected chi connectivity index (χ1v) is 9.99. The highest BCUT2D eigenvalue weighted by molar-refractivity contribution is 7.89. The van der Waals surface area contributed by atoms with Gasteiger partial charge in [-0.25, -0.2) is 13.2 Å². The van der Waals surface area contributed by atoms with Gasteiger partial charge in [0, 0.05) is 25.0 Å². The third kappa shape index (κ3) is 4.62. The number of carbonyl (C=O) groups is 1. The average Bonchev–Trinajstić information content (AvgIpc) is 2.64. The number of piperidine rings is 1. The van der Waals surface area contributed by atoms with Crippen LogP contribution in [0, 0.1) is 18.3 Å². The lowest BCUT2D eigenvalue weighted by atomic mass is 10.2. The molecule has 2 rings (SSSR count). The van der Waals surface area contributed by atoms with Gasteiger partial charge in [0.1, 0.15) is 6.07 Å². The van der Waals surface area contributed by atoms with Crippen molar-refractivity contribution in [1.29, 1.82) is 5.26 Å². The molecule has 0 unspecified atom stereocenters. The molecule has 1 aromatic rings. The van der Waals surface area contributed by atoms with E-state index in [1.54, 1.807) is 32.0 Å². The quantitative estimate of drug-likeness (QED) is 0.465. The van der Waals surface area contributed by atoms with E-state index in [0.717, 1.165) is 19.3 Å². The first-order chi connectivity index (χ1) is 12.4. The third-order valence-electron chi connectivity index (χ3n) is 4.12. The van der Waals surface area contributed by atoms with Crippen molar-refractivity contribution >= 4 is 21.7 Å². The SMILES string of the molecule is CCOC(=O)/C(C#N)=C/Nc1ccc(C)c(S(=O)(=O)N2CCCCC2)c1. The minimum absolute atomic E-state index is 0.167. The summed E-state index contributed by atoms with van der Waals surface area (Å²) in [7, 11) is -3.57. The minimum Gasteiger partial charge on any atom is -0.462 e. The number of ether oxygens (including phenoxy) is 1. The monoisotopic (exact) mass is 377 g/mol. The topological polar surface area (TPSA) is 99.5 Å². The predicted octanol–water partition coefficient (Wildman–Crippen LogP) is 2.55. The van der Waals surface area contributed by atoms with E-state index in [-0.39, 0.29) is 17.1 Å². The number of hydrogen-bond acceptors (Lipinski definition) is 6. The molecule has 26 heavy (non-hydrogen) atoms. The molecule has 1 aliphatic rings. The molecular weight excluding hydrogens is 354 g/mol. The Labute approximate surface area is 154 Å². The number of carbonyl (C=O) groups excluding carboxylic acids is 1. The van der Waals surface area contributed by atoms with Crippen LogP contribution >= 0.6 is 0 Å². The van der Waals surface area contributed by atoms with Gasteiger partial charge in [-0.15, -0.1) is 0 Å². The van der Waals surface area contributed by atoms with Gasteiger partial charge in [-0.2, -0.15) is 9.57 Å². The Morgan fingerprint density at radius 2 is 2.04 bits per heavy atom. The lowest BCUT2D eigenvalue weighted by Crippen LogP contribution is -2.35. The molecule has 0 saturated carbocycles. The molecule has 1 N–H and O–H groups in total. The molecule has 0 aliphatic carbocycles. The summed E-state index contributed by atoms with van der Waals surface area (Å²) in [6, 6.07) is 6.68. The van der Waals surface area contributed by atoms with Crippen LogP contribution in [0.5, 0.6) is 0 Å². The van der Waals surface area contributed by atoms with Crippen LogP contribution in [0.4, 0.5) is 5.69 Å². The molecule has 0 atom stereocenters. The average molecular weight is 377 g/mol. The number of nitrogens with one attached hydrogen (secondary N) is 1. The lowest BCUT2D eigenvalue weighted by molar-refractivity contribution is -0.138. The van der Waals surface area contributed by atoms with Gasteiger partial charge < -0.3 is 10.1 Å². The highest BCUT2D eigenvalue weighted by Gasteiger charge is 2.27. The fourth-order valence-corrected chi connectivity index (χ4v) is 4.48. The second-order valence-corrected chi connectivity index (χ2v) is 7.89. The van der Waals surface area contributed by atoms with Gasteiger partial charge in [0.2, 0.25) is 10.0 Å². The Kier molecular flexibility index (Phi) is 6.77. The summed E-state index contributed by atoms with van der Waals surface area (Å²) in [5.41, 5.74) is 0.937. The Balaban J connectivity index is 2.27. The van der Waals surface area contributed by atoms with Gasteiger partial charge in [0.15, 0.2) is 5.57 Å². The molecule has 0 spiro atoms. The molecule has 1 aromatic carbocycles. The molecule has 140 valence electrons. The van der Waals surface area contributed by atoms with Crippen molar-refractivity contribution in [3.63, 3.8) is 0 Å². The van der Waals surface area contributed by atoms with E-state index < -0.39 is 16.0 Å². The third-order valence-corrected chi connectivity index (χ3v) is 6.16. The van der Waals surface area contributed by atoms with Crippen LogP contribution in [0.1, 0.15) is 31.7 Å². The van der Waals surface area contributed by atoms with E-state index in [1.165, 1.54) is 16.6 Å². The zero-order chi connectivity index (χ0) is 19.2. The van der Waals surface area contributed by atoms with Gasteiger partial charge in [-0.05, 0) is 44.4 Å². The summed E-state index contributed by atoms with van der Waals surface area (Å²) >= 11 is 0. The molecule has 7 nitrogen and oxygen atoms in total. The predicted molar refractivity (Wildman–Crippen MR) is 97.7 cm³/mol. The van der Waals surface area contributed by atoms with Crippen LogP contribution in [0.3, 0.4) is 0 Å². The Morgan fingerprint density at radius 1 is 1.35 bits per heavy atom. The number of aryl methyl sites for hydroxylation is 1. The van der Waals surface area contributed by atoms with Crippen molar-refractivity contribution in [3.8, 4) is 6.07 Å². The van der Waals surface area contributed by atoms with Crippen molar-refractivity contribution in [2.75, 3.05) is 25.0 Å². The number of anilines is 1. The zero-order valence-corrected chi connectivity index (χ0v) is 15.8. The molecule has 0 amide bonds. The number of sulfonamides is 1. The van der Waals surface area contributed by atoms with Gasteiger partial charge >= 0.3 is 5.97 Å². The highest BCUT2D eigenvalue weighted by atomic mass is 32.2. The summed E-state index contributed by atoms with van der Waals surface area (Å²) in [5, 5.41) is 11.8. The van der Waals surface area contributed by atoms with Crippen molar-refractivity contribution in [2.24, 2.45) is 0 Å². The molecule has 0 aromatic heterocycles. The smallest absolute Gasteiger partial charge is 0.350 e. The zero-order valence-electron chi connectivity index (χ0n) is 15.0. The van der Waals surface area contributed by atoms with Crippen molar-refractivity contribution in [3.05, 3.63) is 35.5 Å². The van der Waals surface area contributed by atoms with Crippen LogP contribution in [0.2, 0.25) is 0 Å². The fourth-order valence-electron chi connectivity index (χ4n) is 2.71. The van der Waals surface area contributed by atoms with E-state index in [4.69, 9.17) is 10.00 Å². The second kappa shape index (κ2) is 8.83. The maximum atomic E-state index is 12.9. The highest BCUT2D eigenvalue weighted by Crippen LogP contribution is 2.26. The first kappa shape index (κ1) is 19.9. The van der Waals surface area contributed by atoms with E-state index in [9.17, 15) is 13.2 Å². The summed E-state index contributed by atoms with van der Waals surface area (Å²) < 4.78 is 32.1. The Hall–Kier alpha value is -2.37. The van der Waals surface area contributed by atoms with Gasteiger partial charge in [0.05, 0.1) is 11.5 Å². The second-order valence-electron chi connectivity index (χ2n) is 5.98. The number of benzene rings is 1. The molecule has 0 bridgehead atoms. The number of nitriles is 1. The summed E-state index contributed by atoms with van der Waals surface area (Å²) in [6.07, 6.45) is 4.00.